The summed E-state index contributed by atoms with van der Waals surface area (Å²) in [7, 11) is -0.222. The summed E-state index contributed by atoms with van der Waals surface area (Å²) in [6.45, 7) is 3.11. The van der Waals surface area contributed by atoms with Crippen molar-refractivity contribution in [1.82, 2.24) is 10.2 Å². The number of amides is 1. The van der Waals surface area contributed by atoms with Crippen molar-refractivity contribution in [3.63, 3.8) is 0 Å². The number of likely N-dealkylation sites (N-methyl/N-ethyl adjacent to an activating group) is 2. The number of nitrogens with zero attached hydrogens (tertiary/aromatic N) is 2. The lowest BCUT2D eigenvalue weighted by Crippen LogP contribution is -2.36. The molecule has 0 fully saturated rings. The fraction of sp³-hybridized carbons (Fsp3) is 0.350. The van der Waals surface area contributed by atoms with Crippen LogP contribution in [0.1, 0.15) is 22.8 Å². The summed E-state index contributed by atoms with van der Waals surface area (Å²) in [6, 6.07) is 13.7. The van der Waals surface area contributed by atoms with Crippen molar-refractivity contribution in [2.45, 2.75) is 24.3 Å². The maximum absolute atomic E-state index is 13.3. The van der Waals surface area contributed by atoms with E-state index in [2.05, 4.69) is 5.32 Å². The van der Waals surface area contributed by atoms with Crippen LogP contribution in [-0.4, -0.2) is 52.5 Å². The van der Waals surface area contributed by atoms with Crippen molar-refractivity contribution < 1.29 is 13.2 Å². The number of hydrogen-bond donors (Lipinski definition) is 1. The molecular formula is C20H26ClN3O3S. The number of anilines is 1. The number of sulfonamides is 1. The predicted molar refractivity (Wildman–Crippen MR) is 114 cm³/mol. The molecule has 1 N–H and O–H groups in total. The van der Waals surface area contributed by atoms with Crippen LogP contribution in [0, 0.1) is 0 Å². The van der Waals surface area contributed by atoms with Crippen LogP contribution in [0.25, 0.3) is 0 Å². The molecule has 6 nitrogen and oxygen atoms in total. The molecule has 1 atom stereocenters. The highest BCUT2D eigenvalue weighted by molar-refractivity contribution is 7.92. The Labute approximate surface area is 173 Å². The van der Waals surface area contributed by atoms with Gasteiger partial charge in [0.15, 0.2) is 0 Å². The molecule has 1 unspecified atom stereocenters. The molecule has 2 aromatic carbocycles. The van der Waals surface area contributed by atoms with Crippen molar-refractivity contribution in [3.8, 4) is 0 Å². The van der Waals surface area contributed by atoms with Gasteiger partial charge in [0.1, 0.15) is 0 Å². The molecule has 0 aromatic heterocycles. The quantitative estimate of drug-likeness (QED) is 0.775. The summed E-state index contributed by atoms with van der Waals surface area (Å²) in [5, 5.41) is 3.00. The Morgan fingerprint density at radius 2 is 1.93 bits per heavy atom. The number of benzene rings is 2. The van der Waals surface area contributed by atoms with E-state index < -0.39 is 10.0 Å². The lowest BCUT2D eigenvalue weighted by molar-refractivity contribution is 0.0796. The molecule has 28 heavy (non-hydrogen) atoms. The van der Waals surface area contributed by atoms with E-state index in [1.54, 1.807) is 30.1 Å². The zero-order chi connectivity index (χ0) is 19.6. The minimum absolute atomic E-state index is 0. The summed E-state index contributed by atoms with van der Waals surface area (Å²) in [4.78, 5) is 14.3. The summed E-state index contributed by atoms with van der Waals surface area (Å²) in [5.74, 6) is -0.197. The zero-order valence-electron chi connectivity index (χ0n) is 16.3. The van der Waals surface area contributed by atoms with Gasteiger partial charge >= 0.3 is 0 Å². The van der Waals surface area contributed by atoms with Crippen molar-refractivity contribution >= 4 is 34.0 Å². The van der Waals surface area contributed by atoms with Gasteiger partial charge in [-0.3, -0.25) is 9.10 Å². The van der Waals surface area contributed by atoms with Gasteiger partial charge in [0, 0.05) is 31.7 Å². The van der Waals surface area contributed by atoms with E-state index in [1.807, 2.05) is 38.2 Å². The third-order valence-corrected chi connectivity index (χ3v) is 6.75. The first-order chi connectivity index (χ1) is 12.9. The van der Waals surface area contributed by atoms with E-state index in [1.165, 1.54) is 10.4 Å². The first-order valence-corrected chi connectivity index (χ1v) is 10.4. The molecule has 0 saturated carbocycles. The topological polar surface area (TPSA) is 69.7 Å². The number of para-hydroxylation sites is 1. The SMILES string of the molecule is CNCCN(C)C(=O)c1cccc(S(=O)(=O)N2c3ccccc3CC2C)c1.Cl. The number of rotatable bonds is 6. The molecule has 1 heterocycles. The molecule has 0 bridgehead atoms. The number of carbonyl (C=O) groups is 1. The minimum atomic E-state index is -3.75. The molecule has 3 rings (SSSR count). The average molecular weight is 424 g/mol. The largest absolute Gasteiger partial charge is 0.340 e. The highest BCUT2D eigenvalue weighted by Gasteiger charge is 2.36. The molecule has 1 amide bonds. The fourth-order valence-corrected chi connectivity index (χ4v) is 5.15. The second kappa shape index (κ2) is 8.94. The van der Waals surface area contributed by atoms with Gasteiger partial charge in [0.05, 0.1) is 10.6 Å². The van der Waals surface area contributed by atoms with Crippen LogP contribution in [0.2, 0.25) is 0 Å². The number of fused-ring (bicyclic) bond motifs is 1. The Kier molecular flexibility index (Phi) is 7.09. The molecule has 2 aromatic rings. The molecule has 8 heteroatoms. The molecule has 152 valence electrons. The van der Waals surface area contributed by atoms with Crippen molar-refractivity contribution in [1.29, 1.82) is 0 Å². The third kappa shape index (κ3) is 4.16. The summed E-state index contributed by atoms with van der Waals surface area (Å²) in [6.07, 6.45) is 0.681. The van der Waals surface area contributed by atoms with Crippen molar-refractivity contribution in [3.05, 3.63) is 59.7 Å². The molecule has 0 aliphatic carbocycles. The molecule has 1 aliphatic heterocycles. The molecule has 0 saturated heterocycles. The van der Waals surface area contributed by atoms with E-state index >= 15 is 0 Å². The lowest BCUT2D eigenvalue weighted by Gasteiger charge is -2.25. The average Bonchev–Trinajstić information content (AvgIpc) is 3.01. The van der Waals surface area contributed by atoms with Crippen LogP contribution in [0.15, 0.2) is 53.4 Å². The minimum Gasteiger partial charge on any atom is -0.340 e. The molecular weight excluding hydrogens is 398 g/mol. The third-order valence-electron chi connectivity index (χ3n) is 4.83. The summed E-state index contributed by atoms with van der Waals surface area (Å²) >= 11 is 0. The van der Waals surface area contributed by atoms with Gasteiger partial charge in [-0.15, -0.1) is 12.4 Å². The molecule has 1 aliphatic rings. The van der Waals surface area contributed by atoms with Crippen LogP contribution in [0.4, 0.5) is 5.69 Å². The zero-order valence-corrected chi connectivity index (χ0v) is 17.9. The number of nitrogens with one attached hydrogen (secondary N) is 1. The maximum atomic E-state index is 13.3. The van der Waals surface area contributed by atoms with Crippen LogP contribution in [0.3, 0.4) is 0 Å². The van der Waals surface area contributed by atoms with Gasteiger partial charge in [-0.25, -0.2) is 8.42 Å². The second-order valence-corrected chi connectivity index (χ2v) is 8.66. The van der Waals surface area contributed by atoms with Gasteiger partial charge in [-0.2, -0.15) is 0 Å². The van der Waals surface area contributed by atoms with Gasteiger partial charge in [0.25, 0.3) is 15.9 Å². The fourth-order valence-electron chi connectivity index (χ4n) is 3.41. The smallest absolute Gasteiger partial charge is 0.264 e. The van der Waals surface area contributed by atoms with E-state index in [0.29, 0.717) is 30.8 Å². The van der Waals surface area contributed by atoms with Gasteiger partial charge in [-0.05, 0) is 50.2 Å². The second-order valence-electron chi connectivity index (χ2n) is 6.84. The van der Waals surface area contributed by atoms with Crippen LogP contribution >= 0.6 is 12.4 Å². The Morgan fingerprint density at radius 1 is 1.21 bits per heavy atom. The molecule has 0 radical (unpaired) electrons. The van der Waals surface area contributed by atoms with Crippen LogP contribution in [0.5, 0.6) is 0 Å². The Hall–Kier alpha value is -2.09. The molecule has 0 spiro atoms. The Balaban J connectivity index is 0.00000280. The normalized spacial score (nSPS) is 15.7. The van der Waals surface area contributed by atoms with Crippen LogP contribution < -0.4 is 9.62 Å². The van der Waals surface area contributed by atoms with Crippen molar-refractivity contribution in [2.75, 3.05) is 31.5 Å². The van der Waals surface area contributed by atoms with E-state index in [-0.39, 0.29) is 29.3 Å². The summed E-state index contributed by atoms with van der Waals surface area (Å²) in [5.41, 5.74) is 2.11. The monoisotopic (exact) mass is 423 g/mol. The van der Waals surface area contributed by atoms with E-state index in [4.69, 9.17) is 0 Å². The van der Waals surface area contributed by atoms with Gasteiger partial charge < -0.3 is 10.2 Å². The predicted octanol–water partition coefficient (Wildman–Crippen LogP) is 2.54. The first-order valence-electron chi connectivity index (χ1n) is 8.98. The van der Waals surface area contributed by atoms with Gasteiger partial charge in [-0.1, -0.05) is 24.3 Å². The first kappa shape index (κ1) is 22.2. The lowest BCUT2D eigenvalue weighted by atomic mass is 10.1. The highest BCUT2D eigenvalue weighted by atomic mass is 35.5. The van der Waals surface area contributed by atoms with Crippen LogP contribution in [-0.2, 0) is 16.4 Å². The number of carbonyl (C=O) groups excluding carboxylic acids is 1. The Bertz CT molecular complexity index is 949. The Morgan fingerprint density at radius 3 is 2.64 bits per heavy atom. The summed E-state index contributed by atoms with van der Waals surface area (Å²) < 4.78 is 28.1. The van der Waals surface area contributed by atoms with E-state index in [0.717, 1.165) is 5.56 Å². The number of halogens is 1. The standard InChI is InChI=1S/C20H25N3O3S.ClH/c1-15-13-16-7-4-5-10-19(16)23(15)27(25,26)18-9-6-8-17(14-18)20(24)22(3)12-11-21-2;/h4-10,14-15,21H,11-13H2,1-3H3;1H. The number of hydrogen-bond acceptors (Lipinski definition) is 4. The van der Waals surface area contributed by atoms with E-state index in [9.17, 15) is 13.2 Å². The highest BCUT2D eigenvalue weighted by Crippen LogP contribution is 2.36. The van der Waals surface area contributed by atoms with Crippen molar-refractivity contribution in [2.24, 2.45) is 0 Å². The maximum Gasteiger partial charge on any atom is 0.264 e. The van der Waals surface area contributed by atoms with Gasteiger partial charge in [0.2, 0.25) is 0 Å².